The third-order valence-corrected chi connectivity index (χ3v) is 4.71. The van der Waals surface area contributed by atoms with Gasteiger partial charge in [0.1, 0.15) is 6.07 Å². The molecule has 0 unspecified atom stereocenters. The van der Waals surface area contributed by atoms with E-state index in [4.69, 9.17) is 0 Å². The van der Waals surface area contributed by atoms with Gasteiger partial charge in [-0.3, -0.25) is 15.5 Å². The minimum absolute atomic E-state index is 0.0159. The van der Waals surface area contributed by atoms with Gasteiger partial charge in [0.05, 0.1) is 16.3 Å². The number of halogens is 1. The maximum absolute atomic E-state index is 10.7. The molecule has 0 bridgehead atoms. The van der Waals surface area contributed by atoms with Crippen molar-refractivity contribution >= 4 is 44.4 Å². The zero-order chi connectivity index (χ0) is 18.5. The molecule has 0 atom stereocenters. The molecule has 3 aromatic rings. The summed E-state index contributed by atoms with van der Waals surface area (Å²) in [6.45, 7) is 0. The van der Waals surface area contributed by atoms with E-state index in [0.717, 1.165) is 15.7 Å². The number of rotatable bonds is 5. The van der Waals surface area contributed by atoms with Crippen molar-refractivity contribution in [2.75, 3.05) is 5.43 Å². The van der Waals surface area contributed by atoms with E-state index in [1.54, 1.807) is 17.5 Å². The van der Waals surface area contributed by atoms with Gasteiger partial charge in [0, 0.05) is 27.5 Å². The Labute approximate surface area is 160 Å². The van der Waals surface area contributed by atoms with Gasteiger partial charge in [0.2, 0.25) is 0 Å². The molecule has 2 aromatic carbocycles. The molecule has 1 N–H and O–H groups in total. The Balaban J connectivity index is 1.80. The zero-order valence-corrected chi connectivity index (χ0v) is 15.5. The molecule has 0 aliphatic heterocycles. The van der Waals surface area contributed by atoms with Crippen molar-refractivity contribution < 1.29 is 4.92 Å². The molecule has 0 saturated heterocycles. The smallest absolute Gasteiger partial charge is 0.269 e. The Morgan fingerprint density at radius 1 is 1.23 bits per heavy atom. The fourth-order valence-electron chi connectivity index (χ4n) is 2.03. The Hall–Kier alpha value is -3.09. The van der Waals surface area contributed by atoms with Gasteiger partial charge in [-0.25, -0.2) is 4.98 Å². The molecule has 0 radical (unpaired) electrons. The predicted octanol–water partition coefficient (Wildman–Crippen LogP) is 4.82. The first-order valence-corrected chi connectivity index (χ1v) is 8.94. The number of nitro groups is 1. The molecule has 9 heteroatoms. The quantitative estimate of drug-likeness (QED) is 0.356. The lowest BCUT2D eigenvalue weighted by atomic mass is 10.1. The molecule has 26 heavy (non-hydrogen) atoms. The highest BCUT2D eigenvalue weighted by Crippen LogP contribution is 2.24. The van der Waals surface area contributed by atoms with E-state index in [1.165, 1.54) is 23.5 Å². The van der Waals surface area contributed by atoms with Crippen molar-refractivity contribution in [3.8, 4) is 17.3 Å². The van der Waals surface area contributed by atoms with E-state index in [2.05, 4.69) is 31.4 Å². The van der Waals surface area contributed by atoms with E-state index in [9.17, 15) is 15.4 Å². The van der Waals surface area contributed by atoms with Crippen molar-refractivity contribution in [1.29, 1.82) is 5.26 Å². The SMILES string of the molecule is N#CC(=NNc1ccc(Br)cc1)c1nc(-c2ccc([N+](=O)[O-])cc2)cs1. The van der Waals surface area contributed by atoms with E-state index < -0.39 is 4.92 Å². The van der Waals surface area contributed by atoms with Crippen LogP contribution in [0.4, 0.5) is 11.4 Å². The number of thiazole rings is 1. The van der Waals surface area contributed by atoms with Gasteiger partial charge in [-0.15, -0.1) is 11.3 Å². The molecular weight excluding hydrogens is 418 g/mol. The number of hydrogen-bond donors (Lipinski definition) is 1. The summed E-state index contributed by atoms with van der Waals surface area (Å²) in [5.74, 6) is 0. The first-order chi connectivity index (χ1) is 12.6. The topological polar surface area (TPSA) is 104 Å². The lowest BCUT2D eigenvalue weighted by molar-refractivity contribution is -0.384. The minimum atomic E-state index is -0.454. The Kier molecular flexibility index (Phi) is 5.36. The molecule has 1 aromatic heterocycles. The molecule has 0 amide bonds. The van der Waals surface area contributed by atoms with Crippen LogP contribution in [0.5, 0.6) is 0 Å². The molecule has 7 nitrogen and oxygen atoms in total. The fourth-order valence-corrected chi connectivity index (χ4v) is 3.06. The average molecular weight is 428 g/mol. The highest BCUT2D eigenvalue weighted by Gasteiger charge is 2.12. The molecule has 0 fully saturated rings. The van der Waals surface area contributed by atoms with Crippen LogP contribution in [0.15, 0.2) is 63.5 Å². The highest BCUT2D eigenvalue weighted by atomic mass is 79.9. The number of non-ortho nitro benzene ring substituents is 1. The normalized spacial score (nSPS) is 11.0. The van der Waals surface area contributed by atoms with Crippen LogP contribution in [0.3, 0.4) is 0 Å². The average Bonchev–Trinajstić information content (AvgIpc) is 3.14. The first kappa shape index (κ1) is 17.7. The maximum Gasteiger partial charge on any atom is 0.269 e. The molecule has 128 valence electrons. The molecule has 0 aliphatic carbocycles. The first-order valence-electron chi connectivity index (χ1n) is 7.27. The fraction of sp³-hybridized carbons (Fsp3) is 0. The lowest BCUT2D eigenvalue weighted by Crippen LogP contribution is -2.01. The second-order valence-electron chi connectivity index (χ2n) is 5.03. The molecular formula is C17H10BrN5O2S. The van der Waals surface area contributed by atoms with Crippen molar-refractivity contribution in [1.82, 2.24) is 4.98 Å². The number of hydrogen-bond acceptors (Lipinski definition) is 7. The Morgan fingerprint density at radius 3 is 2.54 bits per heavy atom. The monoisotopic (exact) mass is 427 g/mol. The van der Waals surface area contributed by atoms with E-state index >= 15 is 0 Å². The van der Waals surface area contributed by atoms with Crippen molar-refractivity contribution in [3.63, 3.8) is 0 Å². The van der Waals surface area contributed by atoms with Gasteiger partial charge in [-0.05, 0) is 36.4 Å². The number of benzene rings is 2. The zero-order valence-electron chi connectivity index (χ0n) is 13.1. The number of nitrogens with one attached hydrogen (secondary N) is 1. The third-order valence-electron chi connectivity index (χ3n) is 3.33. The Bertz CT molecular complexity index is 1010. The largest absolute Gasteiger partial charge is 0.277 e. The number of anilines is 1. The van der Waals surface area contributed by atoms with Gasteiger partial charge in [0.25, 0.3) is 5.69 Å². The van der Waals surface area contributed by atoms with Crippen molar-refractivity contribution in [2.24, 2.45) is 5.10 Å². The summed E-state index contributed by atoms with van der Waals surface area (Å²) in [6.07, 6.45) is 0. The van der Waals surface area contributed by atoms with Crippen LogP contribution >= 0.6 is 27.3 Å². The van der Waals surface area contributed by atoms with Crippen LogP contribution in [-0.4, -0.2) is 15.6 Å². The number of nitro benzene ring substituents is 1. The summed E-state index contributed by atoms with van der Waals surface area (Å²) in [5.41, 5.74) is 5.11. The Morgan fingerprint density at radius 2 is 1.92 bits per heavy atom. The van der Waals surface area contributed by atoms with Crippen LogP contribution in [0.2, 0.25) is 0 Å². The minimum Gasteiger partial charge on any atom is -0.277 e. The second kappa shape index (κ2) is 7.86. The van der Waals surface area contributed by atoms with Crippen molar-refractivity contribution in [2.45, 2.75) is 0 Å². The summed E-state index contributed by atoms with van der Waals surface area (Å²) >= 11 is 4.63. The maximum atomic E-state index is 10.7. The van der Waals surface area contributed by atoms with Gasteiger partial charge in [-0.1, -0.05) is 15.9 Å². The van der Waals surface area contributed by atoms with Crippen LogP contribution in [0.1, 0.15) is 5.01 Å². The van der Waals surface area contributed by atoms with Crippen LogP contribution in [0.25, 0.3) is 11.3 Å². The summed E-state index contributed by atoms with van der Waals surface area (Å²) < 4.78 is 0.945. The van der Waals surface area contributed by atoms with Gasteiger partial charge in [-0.2, -0.15) is 10.4 Å². The number of nitrogens with zero attached hydrogens (tertiary/aromatic N) is 4. The summed E-state index contributed by atoms with van der Waals surface area (Å²) in [7, 11) is 0. The van der Waals surface area contributed by atoms with E-state index in [1.807, 2.05) is 30.3 Å². The van der Waals surface area contributed by atoms with E-state index in [-0.39, 0.29) is 11.4 Å². The van der Waals surface area contributed by atoms with Crippen LogP contribution in [0, 0.1) is 21.4 Å². The molecule has 3 rings (SSSR count). The van der Waals surface area contributed by atoms with Gasteiger partial charge >= 0.3 is 0 Å². The van der Waals surface area contributed by atoms with E-state index in [0.29, 0.717) is 10.7 Å². The second-order valence-corrected chi connectivity index (χ2v) is 6.81. The molecule has 0 saturated carbocycles. The molecule has 1 heterocycles. The summed E-state index contributed by atoms with van der Waals surface area (Å²) in [6, 6.07) is 15.5. The van der Waals surface area contributed by atoms with Crippen LogP contribution in [-0.2, 0) is 0 Å². The summed E-state index contributed by atoms with van der Waals surface area (Å²) in [5, 5.41) is 26.4. The third kappa shape index (κ3) is 4.11. The highest BCUT2D eigenvalue weighted by molar-refractivity contribution is 9.10. The molecule has 0 aliphatic rings. The standard InChI is InChI=1S/C17H10BrN5O2S/c18-12-3-5-13(6-4-12)21-22-15(9-19)17-20-16(10-26-17)11-1-7-14(8-2-11)23(24)25/h1-8,10,21H. The van der Waals surface area contributed by atoms with Gasteiger partial charge in [0.15, 0.2) is 10.7 Å². The van der Waals surface area contributed by atoms with Gasteiger partial charge < -0.3 is 0 Å². The lowest BCUT2D eigenvalue weighted by Gasteiger charge is -2.00. The van der Waals surface area contributed by atoms with Crippen molar-refractivity contribution in [3.05, 3.63) is 73.5 Å². The molecule has 0 spiro atoms. The number of nitriles is 1. The number of hydrazone groups is 1. The summed E-state index contributed by atoms with van der Waals surface area (Å²) in [4.78, 5) is 14.7. The van der Waals surface area contributed by atoms with Crippen LogP contribution < -0.4 is 5.43 Å². The predicted molar refractivity (Wildman–Crippen MR) is 104 cm³/mol. The number of aromatic nitrogens is 1.